The topological polar surface area (TPSA) is 48.3 Å². The first-order valence-corrected chi connectivity index (χ1v) is 5.31. The minimum absolute atomic E-state index is 0.477. The number of aromatic nitrogens is 1. The van der Waals surface area contributed by atoms with Gasteiger partial charge in [0, 0.05) is 12.4 Å². The molecule has 1 rings (SSSR count). The largest absolute Gasteiger partial charge is 0.327 e. The molecule has 5 heteroatoms. The molecule has 1 aromatic heterocycles. The van der Waals surface area contributed by atoms with Crippen LogP contribution in [0.4, 0.5) is 0 Å². The van der Waals surface area contributed by atoms with Crippen molar-refractivity contribution >= 4 is 10.1 Å². The van der Waals surface area contributed by atoms with Crippen molar-refractivity contribution in [1.29, 1.82) is 0 Å². The van der Waals surface area contributed by atoms with Crippen LogP contribution in [0.15, 0.2) is 24.5 Å². The summed E-state index contributed by atoms with van der Waals surface area (Å²) < 4.78 is 27.8. The summed E-state index contributed by atoms with van der Waals surface area (Å²) in [6.45, 7) is 1.67. The normalized spacial score (nSPS) is 14.5. The molecular formula is C7H11NO3S. The van der Waals surface area contributed by atoms with Gasteiger partial charge in [0.05, 0.1) is 6.26 Å². The predicted octanol–water partition coefficient (Wildman–Crippen LogP) is 0.983. The molecule has 0 aliphatic carbocycles. The van der Waals surface area contributed by atoms with Gasteiger partial charge >= 0.3 is 0 Å². The Morgan fingerprint density at radius 3 is 2.25 bits per heavy atom. The molecule has 0 N–H and O–H groups in total. The minimum atomic E-state index is -3.37. The lowest BCUT2D eigenvalue weighted by atomic mass is 10.6. The fourth-order valence-electron chi connectivity index (χ4n) is 0.893. The van der Waals surface area contributed by atoms with E-state index in [2.05, 4.69) is 0 Å². The molecule has 1 aromatic rings. The van der Waals surface area contributed by atoms with Gasteiger partial charge in [0.15, 0.2) is 0 Å². The highest BCUT2D eigenvalue weighted by atomic mass is 32.2. The van der Waals surface area contributed by atoms with Gasteiger partial charge in [0.1, 0.15) is 6.23 Å². The first-order chi connectivity index (χ1) is 5.49. The van der Waals surface area contributed by atoms with Gasteiger partial charge < -0.3 is 4.57 Å². The van der Waals surface area contributed by atoms with Crippen LogP contribution in [0.3, 0.4) is 0 Å². The Labute approximate surface area is 71.9 Å². The fourth-order valence-corrected chi connectivity index (χ4v) is 1.50. The van der Waals surface area contributed by atoms with E-state index < -0.39 is 16.3 Å². The van der Waals surface area contributed by atoms with E-state index in [-0.39, 0.29) is 0 Å². The summed E-state index contributed by atoms with van der Waals surface area (Å²) in [5.41, 5.74) is 0. The van der Waals surface area contributed by atoms with Crippen LogP contribution in [0.25, 0.3) is 0 Å². The van der Waals surface area contributed by atoms with Crippen LogP contribution < -0.4 is 0 Å². The van der Waals surface area contributed by atoms with Crippen LogP contribution in [0.1, 0.15) is 13.2 Å². The zero-order chi connectivity index (χ0) is 9.19. The first-order valence-electron chi connectivity index (χ1n) is 3.50. The monoisotopic (exact) mass is 189 g/mol. The van der Waals surface area contributed by atoms with Crippen molar-refractivity contribution in [3.05, 3.63) is 24.5 Å². The number of nitrogens with zero attached hydrogens (tertiary/aromatic N) is 1. The molecular weight excluding hydrogens is 178 g/mol. The molecule has 68 valence electrons. The summed E-state index contributed by atoms with van der Waals surface area (Å²) in [6.07, 6.45) is 4.05. The van der Waals surface area contributed by atoms with Crippen LogP contribution in [-0.2, 0) is 14.3 Å². The second-order valence-corrected chi connectivity index (χ2v) is 4.13. The van der Waals surface area contributed by atoms with Crippen molar-refractivity contribution in [1.82, 2.24) is 4.57 Å². The van der Waals surface area contributed by atoms with E-state index in [0.717, 1.165) is 6.26 Å². The van der Waals surface area contributed by atoms with E-state index >= 15 is 0 Å². The third-order valence-corrected chi connectivity index (χ3v) is 1.99. The van der Waals surface area contributed by atoms with Gasteiger partial charge in [-0.2, -0.15) is 8.42 Å². The van der Waals surface area contributed by atoms with Crippen molar-refractivity contribution in [2.24, 2.45) is 0 Å². The van der Waals surface area contributed by atoms with Crippen molar-refractivity contribution in [3.63, 3.8) is 0 Å². The number of hydrogen-bond donors (Lipinski definition) is 0. The first kappa shape index (κ1) is 9.28. The van der Waals surface area contributed by atoms with Gasteiger partial charge in [-0.25, -0.2) is 4.18 Å². The maximum Gasteiger partial charge on any atom is 0.266 e. The Hall–Kier alpha value is -0.810. The average Bonchev–Trinajstić information content (AvgIpc) is 2.32. The lowest BCUT2D eigenvalue weighted by molar-refractivity contribution is 0.163. The maximum atomic E-state index is 10.7. The van der Waals surface area contributed by atoms with Gasteiger partial charge in [-0.15, -0.1) is 0 Å². The lowest BCUT2D eigenvalue weighted by Crippen LogP contribution is -2.12. The van der Waals surface area contributed by atoms with E-state index in [4.69, 9.17) is 4.18 Å². The standard InChI is InChI=1S/C7H11NO3S/c1-7(11-12(2,9)10)8-5-3-4-6-8/h3-7H,1-2H3. The number of hydrogen-bond acceptors (Lipinski definition) is 3. The Balaban J connectivity index is 2.68. The van der Waals surface area contributed by atoms with Crippen molar-refractivity contribution in [3.8, 4) is 0 Å². The Bertz CT molecular complexity index is 328. The van der Waals surface area contributed by atoms with E-state index in [9.17, 15) is 8.42 Å². The summed E-state index contributed by atoms with van der Waals surface area (Å²) in [5.74, 6) is 0. The molecule has 1 unspecified atom stereocenters. The van der Waals surface area contributed by atoms with Gasteiger partial charge in [0.25, 0.3) is 10.1 Å². The molecule has 1 heterocycles. The number of rotatable bonds is 3. The highest BCUT2D eigenvalue weighted by Crippen LogP contribution is 2.09. The Morgan fingerprint density at radius 1 is 1.33 bits per heavy atom. The third-order valence-electron chi connectivity index (χ3n) is 1.36. The van der Waals surface area contributed by atoms with Crippen LogP contribution in [-0.4, -0.2) is 19.2 Å². The predicted molar refractivity (Wildman–Crippen MR) is 45.1 cm³/mol. The summed E-state index contributed by atoms with van der Waals surface area (Å²) in [7, 11) is -3.37. The molecule has 0 bridgehead atoms. The van der Waals surface area contributed by atoms with Crippen molar-refractivity contribution < 1.29 is 12.6 Å². The van der Waals surface area contributed by atoms with Gasteiger partial charge in [-0.3, -0.25) is 0 Å². The summed E-state index contributed by atoms with van der Waals surface area (Å²) in [5, 5.41) is 0. The van der Waals surface area contributed by atoms with Crippen LogP contribution in [0.5, 0.6) is 0 Å². The minimum Gasteiger partial charge on any atom is -0.327 e. The summed E-state index contributed by atoms with van der Waals surface area (Å²) in [4.78, 5) is 0. The third kappa shape index (κ3) is 2.67. The quantitative estimate of drug-likeness (QED) is 0.666. The molecule has 0 aromatic carbocycles. The van der Waals surface area contributed by atoms with Crippen molar-refractivity contribution in [2.75, 3.05) is 6.26 Å². The molecule has 12 heavy (non-hydrogen) atoms. The molecule has 0 fully saturated rings. The van der Waals surface area contributed by atoms with E-state index in [0.29, 0.717) is 0 Å². The fraction of sp³-hybridized carbons (Fsp3) is 0.429. The molecule has 0 saturated carbocycles. The maximum absolute atomic E-state index is 10.7. The zero-order valence-corrected chi connectivity index (χ0v) is 7.78. The van der Waals surface area contributed by atoms with Crippen LogP contribution >= 0.6 is 0 Å². The average molecular weight is 189 g/mol. The molecule has 0 saturated heterocycles. The van der Waals surface area contributed by atoms with Crippen LogP contribution in [0.2, 0.25) is 0 Å². The second kappa shape index (κ2) is 3.28. The lowest BCUT2D eigenvalue weighted by Gasteiger charge is -2.11. The molecule has 1 atom stereocenters. The molecule has 0 aliphatic rings. The highest BCUT2D eigenvalue weighted by molar-refractivity contribution is 7.85. The molecule has 4 nitrogen and oxygen atoms in total. The summed E-state index contributed by atoms with van der Waals surface area (Å²) in [6, 6.07) is 3.62. The highest BCUT2D eigenvalue weighted by Gasteiger charge is 2.09. The molecule has 0 spiro atoms. The van der Waals surface area contributed by atoms with E-state index in [1.807, 2.05) is 12.1 Å². The van der Waals surface area contributed by atoms with E-state index in [1.54, 1.807) is 23.9 Å². The summed E-state index contributed by atoms with van der Waals surface area (Å²) >= 11 is 0. The van der Waals surface area contributed by atoms with E-state index in [1.165, 1.54) is 0 Å². The zero-order valence-electron chi connectivity index (χ0n) is 6.97. The second-order valence-electron chi connectivity index (χ2n) is 2.53. The Kier molecular flexibility index (Phi) is 2.54. The smallest absolute Gasteiger partial charge is 0.266 e. The molecule has 0 aliphatic heterocycles. The van der Waals surface area contributed by atoms with Gasteiger partial charge in [0.2, 0.25) is 0 Å². The van der Waals surface area contributed by atoms with Crippen molar-refractivity contribution in [2.45, 2.75) is 13.2 Å². The van der Waals surface area contributed by atoms with Gasteiger partial charge in [-0.05, 0) is 19.1 Å². The molecule has 0 radical (unpaired) electrons. The van der Waals surface area contributed by atoms with Crippen LogP contribution in [0, 0.1) is 0 Å². The SMILES string of the molecule is CC(OS(C)(=O)=O)n1cccc1. The Morgan fingerprint density at radius 2 is 1.83 bits per heavy atom. The molecule has 0 amide bonds. The van der Waals surface area contributed by atoms with Gasteiger partial charge in [-0.1, -0.05) is 0 Å².